The van der Waals surface area contributed by atoms with Crippen molar-refractivity contribution >= 4 is 29.1 Å². The van der Waals surface area contributed by atoms with Crippen molar-refractivity contribution < 1.29 is 23.5 Å². The van der Waals surface area contributed by atoms with Crippen LogP contribution in [0, 0.1) is 0 Å². The van der Waals surface area contributed by atoms with Gasteiger partial charge in [0, 0.05) is 18.0 Å². The number of hydrogen-bond acceptors (Lipinski definition) is 5. The molecule has 1 aromatic heterocycles. The Morgan fingerprint density at radius 1 is 1.07 bits per heavy atom. The van der Waals surface area contributed by atoms with Crippen LogP contribution < -0.4 is 20.1 Å². The Balaban J connectivity index is 1.59. The molecule has 7 nitrogen and oxygen atoms in total. The van der Waals surface area contributed by atoms with Gasteiger partial charge in [0.05, 0.1) is 19.1 Å². The molecule has 0 unspecified atom stereocenters. The molecular formula is C21H19ClN2O5. The van der Waals surface area contributed by atoms with Gasteiger partial charge in [-0.05, 0) is 54.6 Å². The highest BCUT2D eigenvalue weighted by molar-refractivity contribution is 6.31. The lowest BCUT2D eigenvalue weighted by molar-refractivity contribution is -0.116. The van der Waals surface area contributed by atoms with Crippen LogP contribution in [-0.4, -0.2) is 25.5 Å². The van der Waals surface area contributed by atoms with E-state index in [-0.39, 0.29) is 30.5 Å². The number of carbonyl (C=O) groups is 2. The first kappa shape index (κ1) is 20.3. The number of rotatable bonds is 8. The average molecular weight is 415 g/mol. The number of anilines is 1. The number of carbonyl (C=O) groups excluding carboxylic acids is 2. The van der Waals surface area contributed by atoms with Crippen molar-refractivity contribution in [3.8, 4) is 17.2 Å². The van der Waals surface area contributed by atoms with Crippen LogP contribution in [0.15, 0.2) is 65.3 Å². The van der Waals surface area contributed by atoms with Gasteiger partial charge in [-0.25, -0.2) is 0 Å². The fourth-order valence-electron chi connectivity index (χ4n) is 2.46. The number of nitrogens with one attached hydrogen (secondary N) is 2. The lowest BCUT2D eigenvalue weighted by atomic mass is 10.2. The molecule has 0 bridgehead atoms. The Morgan fingerprint density at radius 3 is 2.52 bits per heavy atom. The SMILES string of the molecule is COc1ccc(Oc2ccc(Cl)cc2NC(=O)CCNC(=O)c2ccco2)cc1. The maximum atomic E-state index is 12.3. The van der Waals surface area contributed by atoms with Gasteiger partial charge in [-0.1, -0.05) is 11.6 Å². The van der Waals surface area contributed by atoms with E-state index in [4.69, 9.17) is 25.5 Å². The van der Waals surface area contributed by atoms with Gasteiger partial charge < -0.3 is 24.5 Å². The molecule has 0 aliphatic carbocycles. The molecule has 0 aliphatic rings. The van der Waals surface area contributed by atoms with Crippen molar-refractivity contribution in [1.82, 2.24) is 5.32 Å². The maximum absolute atomic E-state index is 12.3. The Kier molecular flexibility index (Phi) is 6.76. The predicted octanol–water partition coefficient (Wildman–Crippen LogP) is 4.49. The molecular weight excluding hydrogens is 396 g/mol. The van der Waals surface area contributed by atoms with Crippen molar-refractivity contribution in [2.75, 3.05) is 19.0 Å². The lowest BCUT2D eigenvalue weighted by Crippen LogP contribution is -2.27. The van der Waals surface area contributed by atoms with E-state index < -0.39 is 0 Å². The fourth-order valence-corrected chi connectivity index (χ4v) is 2.63. The number of furan rings is 1. The van der Waals surface area contributed by atoms with Gasteiger partial charge in [0.25, 0.3) is 5.91 Å². The standard InChI is InChI=1S/C21H19ClN2O5/c1-27-15-5-7-16(8-6-15)29-18-9-4-14(22)13-17(18)24-20(25)10-11-23-21(26)19-3-2-12-28-19/h2-9,12-13H,10-11H2,1H3,(H,23,26)(H,24,25). The van der Waals surface area contributed by atoms with Gasteiger partial charge in [0.15, 0.2) is 11.5 Å². The summed E-state index contributed by atoms with van der Waals surface area (Å²) in [5.74, 6) is 1.23. The van der Waals surface area contributed by atoms with Crippen LogP contribution in [0.1, 0.15) is 17.0 Å². The molecule has 3 rings (SSSR count). The van der Waals surface area contributed by atoms with Crippen LogP contribution in [0.4, 0.5) is 5.69 Å². The van der Waals surface area contributed by atoms with Gasteiger partial charge in [0.2, 0.25) is 5.91 Å². The van der Waals surface area contributed by atoms with E-state index in [2.05, 4.69) is 10.6 Å². The van der Waals surface area contributed by atoms with Crippen LogP contribution in [0.2, 0.25) is 5.02 Å². The minimum absolute atomic E-state index is 0.0704. The first-order valence-electron chi connectivity index (χ1n) is 8.78. The number of amides is 2. The van der Waals surface area contributed by atoms with E-state index in [0.29, 0.717) is 28.0 Å². The lowest BCUT2D eigenvalue weighted by Gasteiger charge is -2.13. The molecule has 0 fully saturated rings. The first-order valence-corrected chi connectivity index (χ1v) is 9.16. The third-order valence-corrected chi connectivity index (χ3v) is 4.12. The summed E-state index contributed by atoms with van der Waals surface area (Å²) in [7, 11) is 1.58. The zero-order valence-electron chi connectivity index (χ0n) is 15.6. The van der Waals surface area contributed by atoms with E-state index in [0.717, 1.165) is 0 Å². The van der Waals surface area contributed by atoms with Crippen LogP contribution in [-0.2, 0) is 4.79 Å². The average Bonchev–Trinajstić information content (AvgIpc) is 3.25. The Hall–Kier alpha value is -3.45. The molecule has 0 radical (unpaired) electrons. The fraction of sp³-hybridized carbons (Fsp3) is 0.143. The highest BCUT2D eigenvalue weighted by Crippen LogP contribution is 2.32. The molecule has 0 saturated carbocycles. The molecule has 29 heavy (non-hydrogen) atoms. The van der Waals surface area contributed by atoms with Crippen LogP contribution in [0.5, 0.6) is 17.2 Å². The summed E-state index contributed by atoms with van der Waals surface area (Å²) in [4.78, 5) is 24.1. The second-order valence-electron chi connectivity index (χ2n) is 5.95. The van der Waals surface area contributed by atoms with Crippen molar-refractivity contribution in [1.29, 1.82) is 0 Å². The van der Waals surface area contributed by atoms with E-state index in [9.17, 15) is 9.59 Å². The smallest absolute Gasteiger partial charge is 0.286 e. The third-order valence-electron chi connectivity index (χ3n) is 3.89. The number of ether oxygens (including phenoxy) is 2. The summed E-state index contributed by atoms with van der Waals surface area (Å²) < 4.78 is 16.0. The highest BCUT2D eigenvalue weighted by Gasteiger charge is 2.12. The maximum Gasteiger partial charge on any atom is 0.286 e. The molecule has 8 heteroatoms. The number of hydrogen-bond donors (Lipinski definition) is 2. The van der Waals surface area contributed by atoms with Crippen molar-refractivity contribution in [2.24, 2.45) is 0 Å². The summed E-state index contributed by atoms with van der Waals surface area (Å²) in [6.45, 7) is 0.153. The van der Waals surface area contributed by atoms with Gasteiger partial charge in [-0.3, -0.25) is 9.59 Å². The number of methoxy groups -OCH3 is 1. The molecule has 3 aromatic rings. The van der Waals surface area contributed by atoms with Crippen LogP contribution in [0.25, 0.3) is 0 Å². The zero-order valence-corrected chi connectivity index (χ0v) is 16.4. The molecule has 0 spiro atoms. The number of halogens is 1. The van der Waals surface area contributed by atoms with Crippen LogP contribution >= 0.6 is 11.6 Å². The van der Waals surface area contributed by atoms with E-state index in [1.807, 2.05) is 0 Å². The molecule has 2 N–H and O–H groups in total. The van der Waals surface area contributed by atoms with Crippen molar-refractivity contribution in [2.45, 2.75) is 6.42 Å². The summed E-state index contributed by atoms with van der Waals surface area (Å²) in [5, 5.41) is 5.82. The quantitative estimate of drug-likeness (QED) is 0.566. The third kappa shape index (κ3) is 5.76. The normalized spacial score (nSPS) is 10.3. The monoisotopic (exact) mass is 414 g/mol. The number of benzene rings is 2. The van der Waals surface area contributed by atoms with Gasteiger partial charge in [-0.2, -0.15) is 0 Å². The summed E-state index contributed by atoms with van der Waals surface area (Å²) in [6, 6.07) is 15.1. The Labute approximate surface area is 172 Å². The molecule has 2 aromatic carbocycles. The highest BCUT2D eigenvalue weighted by atomic mass is 35.5. The van der Waals surface area contributed by atoms with E-state index in [1.165, 1.54) is 6.26 Å². The van der Waals surface area contributed by atoms with Crippen molar-refractivity contribution in [3.63, 3.8) is 0 Å². The van der Waals surface area contributed by atoms with Gasteiger partial charge in [-0.15, -0.1) is 0 Å². The summed E-state index contributed by atoms with van der Waals surface area (Å²) in [5.41, 5.74) is 0.427. The molecule has 150 valence electrons. The van der Waals surface area contributed by atoms with E-state index >= 15 is 0 Å². The minimum atomic E-state index is -0.380. The van der Waals surface area contributed by atoms with Crippen molar-refractivity contribution in [3.05, 3.63) is 71.6 Å². The Bertz CT molecular complexity index is 971. The first-order chi connectivity index (χ1) is 14.0. The van der Waals surface area contributed by atoms with Crippen LogP contribution in [0.3, 0.4) is 0 Å². The predicted molar refractivity (Wildman–Crippen MR) is 109 cm³/mol. The molecule has 0 saturated heterocycles. The van der Waals surface area contributed by atoms with E-state index in [1.54, 1.807) is 61.7 Å². The van der Waals surface area contributed by atoms with Gasteiger partial charge in [0.1, 0.15) is 11.5 Å². The molecule has 0 atom stereocenters. The second-order valence-corrected chi connectivity index (χ2v) is 6.39. The van der Waals surface area contributed by atoms with Gasteiger partial charge >= 0.3 is 0 Å². The Morgan fingerprint density at radius 2 is 1.83 bits per heavy atom. The summed E-state index contributed by atoms with van der Waals surface area (Å²) >= 11 is 6.05. The second kappa shape index (κ2) is 9.66. The topological polar surface area (TPSA) is 89.8 Å². The minimum Gasteiger partial charge on any atom is -0.497 e. The molecule has 0 aliphatic heterocycles. The largest absolute Gasteiger partial charge is 0.497 e. The summed E-state index contributed by atoms with van der Waals surface area (Å²) in [6.07, 6.45) is 1.48. The zero-order chi connectivity index (χ0) is 20.6. The molecule has 2 amide bonds. The molecule has 1 heterocycles.